The van der Waals surface area contributed by atoms with Crippen LogP contribution in [0.2, 0.25) is 5.02 Å². The third-order valence-electron chi connectivity index (χ3n) is 4.19. The minimum Gasteiger partial charge on any atom is -0.450 e. The van der Waals surface area contributed by atoms with Crippen LogP contribution in [-0.2, 0) is 6.54 Å². The van der Waals surface area contributed by atoms with E-state index >= 15 is 0 Å². The van der Waals surface area contributed by atoms with E-state index in [1.54, 1.807) is 30.5 Å². The van der Waals surface area contributed by atoms with Crippen molar-refractivity contribution in [3.8, 4) is 11.5 Å². The molecule has 154 valence electrons. The first-order valence-corrected chi connectivity index (χ1v) is 9.34. The maximum Gasteiger partial charge on any atom is 0.313 e. The molecule has 0 saturated carbocycles. The number of rotatable bonds is 7. The Morgan fingerprint density at radius 2 is 1.93 bits per heavy atom. The molecule has 0 unspecified atom stereocenters. The molecule has 0 atom stereocenters. The molecule has 2 aromatic carbocycles. The summed E-state index contributed by atoms with van der Waals surface area (Å²) in [4.78, 5) is 29.2. The Balaban J connectivity index is 1.68. The number of anilines is 1. The van der Waals surface area contributed by atoms with Gasteiger partial charge in [-0.25, -0.2) is 4.98 Å². The van der Waals surface area contributed by atoms with Crippen LogP contribution >= 0.6 is 11.6 Å². The molecular formula is C21H19ClN4O4. The van der Waals surface area contributed by atoms with Crippen LogP contribution < -0.4 is 15.0 Å². The van der Waals surface area contributed by atoms with Gasteiger partial charge >= 0.3 is 5.69 Å². The van der Waals surface area contributed by atoms with Gasteiger partial charge in [-0.15, -0.1) is 0 Å². The summed E-state index contributed by atoms with van der Waals surface area (Å²) in [7, 11) is 3.77. The minimum atomic E-state index is -0.566. The highest BCUT2D eigenvalue weighted by Crippen LogP contribution is 2.33. The van der Waals surface area contributed by atoms with E-state index in [0.29, 0.717) is 17.9 Å². The highest BCUT2D eigenvalue weighted by Gasteiger charge is 2.17. The molecule has 0 fully saturated rings. The first-order chi connectivity index (χ1) is 14.3. The lowest BCUT2D eigenvalue weighted by atomic mass is 10.2. The van der Waals surface area contributed by atoms with Crippen molar-refractivity contribution < 1.29 is 14.5 Å². The maximum atomic E-state index is 12.5. The topological polar surface area (TPSA) is 97.6 Å². The van der Waals surface area contributed by atoms with Gasteiger partial charge in [-0.05, 0) is 42.5 Å². The zero-order valence-electron chi connectivity index (χ0n) is 16.3. The standard InChI is InChI=1S/C21H19ClN4O4/c1-25(2)20-15(4-3-11-23-20)13-24-21(27)14-5-8-17(9-6-14)30-19-10-7-16(22)12-18(19)26(28)29/h3-12H,13H2,1-2H3,(H,24,27). The third kappa shape index (κ3) is 5.03. The lowest BCUT2D eigenvalue weighted by Crippen LogP contribution is -2.24. The van der Waals surface area contributed by atoms with E-state index in [9.17, 15) is 14.9 Å². The Bertz CT molecular complexity index is 1070. The van der Waals surface area contributed by atoms with Crippen molar-refractivity contribution in [2.45, 2.75) is 6.54 Å². The number of nitro benzene ring substituents is 1. The van der Waals surface area contributed by atoms with Crippen LogP contribution in [0, 0.1) is 10.1 Å². The summed E-state index contributed by atoms with van der Waals surface area (Å²) in [6.07, 6.45) is 1.70. The number of amides is 1. The minimum absolute atomic E-state index is 0.0643. The number of benzene rings is 2. The molecule has 0 aliphatic carbocycles. The average Bonchev–Trinajstić information content (AvgIpc) is 2.73. The number of ether oxygens (including phenoxy) is 1. The first kappa shape index (κ1) is 21.1. The Labute approximate surface area is 178 Å². The van der Waals surface area contributed by atoms with Gasteiger partial charge < -0.3 is 15.0 Å². The lowest BCUT2D eigenvalue weighted by Gasteiger charge is -2.16. The maximum absolute atomic E-state index is 12.5. The normalized spacial score (nSPS) is 10.4. The zero-order valence-corrected chi connectivity index (χ0v) is 17.1. The molecule has 0 saturated heterocycles. The average molecular weight is 427 g/mol. The number of carbonyl (C=O) groups excluding carboxylic acids is 1. The molecule has 1 aromatic heterocycles. The molecular weight excluding hydrogens is 408 g/mol. The second-order valence-electron chi connectivity index (χ2n) is 6.56. The number of nitro groups is 1. The molecule has 0 radical (unpaired) electrons. The van der Waals surface area contributed by atoms with Gasteiger partial charge in [0.1, 0.15) is 11.6 Å². The van der Waals surface area contributed by atoms with E-state index < -0.39 is 4.92 Å². The van der Waals surface area contributed by atoms with Crippen molar-refractivity contribution in [2.75, 3.05) is 19.0 Å². The van der Waals surface area contributed by atoms with Crippen LogP contribution in [0.4, 0.5) is 11.5 Å². The molecule has 0 spiro atoms. The molecule has 1 amide bonds. The third-order valence-corrected chi connectivity index (χ3v) is 4.43. The number of aromatic nitrogens is 1. The number of halogens is 1. The fourth-order valence-corrected chi connectivity index (χ4v) is 2.94. The summed E-state index contributed by atoms with van der Waals surface area (Å²) >= 11 is 5.81. The second kappa shape index (κ2) is 9.23. The van der Waals surface area contributed by atoms with E-state index in [0.717, 1.165) is 11.4 Å². The van der Waals surface area contributed by atoms with Gasteiger partial charge in [-0.2, -0.15) is 0 Å². The smallest absolute Gasteiger partial charge is 0.313 e. The van der Waals surface area contributed by atoms with Gasteiger partial charge in [0, 0.05) is 49.1 Å². The van der Waals surface area contributed by atoms with Crippen LogP contribution in [0.15, 0.2) is 60.8 Å². The van der Waals surface area contributed by atoms with E-state index in [2.05, 4.69) is 10.3 Å². The Morgan fingerprint density at radius 1 is 1.20 bits per heavy atom. The van der Waals surface area contributed by atoms with E-state index in [1.165, 1.54) is 18.2 Å². The molecule has 0 aliphatic heterocycles. The van der Waals surface area contributed by atoms with Gasteiger partial charge in [0.25, 0.3) is 5.91 Å². The second-order valence-corrected chi connectivity index (χ2v) is 7.00. The lowest BCUT2D eigenvalue weighted by molar-refractivity contribution is -0.385. The molecule has 8 nitrogen and oxygen atoms in total. The summed E-state index contributed by atoms with van der Waals surface area (Å²) in [6.45, 7) is 0.329. The molecule has 0 aliphatic rings. The van der Waals surface area contributed by atoms with Crippen LogP contribution in [-0.4, -0.2) is 29.9 Å². The monoisotopic (exact) mass is 426 g/mol. The van der Waals surface area contributed by atoms with Gasteiger partial charge in [-0.1, -0.05) is 17.7 Å². The summed E-state index contributed by atoms with van der Waals surface area (Å²) in [5.74, 6) is 0.951. The Kier molecular flexibility index (Phi) is 6.48. The number of hydrogen-bond acceptors (Lipinski definition) is 6. The van der Waals surface area contributed by atoms with Gasteiger partial charge in [0.15, 0.2) is 0 Å². The van der Waals surface area contributed by atoms with Crippen molar-refractivity contribution in [2.24, 2.45) is 0 Å². The van der Waals surface area contributed by atoms with Gasteiger partial charge in [0.05, 0.1) is 4.92 Å². The summed E-state index contributed by atoms with van der Waals surface area (Å²) in [6, 6.07) is 14.2. The van der Waals surface area contributed by atoms with Crippen LogP contribution in [0.25, 0.3) is 0 Å². The highest BCUT2D eigenvalue weighted by atomic mass is 35.5. The van der Waals surface area contributed by atoms with Crippen molar-refractivity contribution in [3.63, 3.8) is 0 Å². The van der Waals surface area contributed by atoms with Crippen molar-refractivity contribution in [3.05, 3.63) is 87.1 Å². The van der Waals surface area contributed by atoms with Crippen LogP contribution in [0.3, 0.4) is 0 Å². The fraction of sp³-hybridized carbons (Fsp3) is 0.143. The zero-order chi connectivity index (χ0) is 21.7. The van der Waals surface area contributed by atoms with E-state index in [4.69, 9.17) is 16.3 Å². The fourth-order valence-electron chi connectivity index (χ4n) is 2.77. The molecule has 9 heteroatoms. The van der Waals surface area contributed by atoms with Crippen LogP contribution in [0.1, 0.15) is 15.9 Å². The van der Waals surface area contributed by atoms with E-state index in [-0.39, 0.29) is 22.4 Å². The molecule has 3 aromatic rings. The summed E-state index contributed by atoms with van der Waals surface area (Å²) in [5.41, 5.74) is 1.09. The van der Waals surface area contributed by atoms with Crippen molar-refractivity contribution in [1.29, 1.82) is 0 Å². The predicted octanol–water partition coefficient (Wildman–Crippen LogP) is 4.43. The summed E-state index contributed by atoms with van der Waals surface area (Å²) < 4.78 is 5.59. The van der Waals surface area contributed by atoms with Crippen molar-refractivity contribution >= 4 is 29.0 Å². The quantitative estimate of drug-likeness (QED) is 0.443. The number of carbonyl (C=O) groups is 1. The number of nitrogens with one attached hydrogen (secondary N) is 1. The molecule has 3 rings (SSSR count). The number of hydrogen-bond donors (Lipinski definition) is 1. The SMILES string of the molecule is CN(C)c1ncccc1CNC(=O)c1ccc(Oc2ccc(Cl)cc2[N+](=O)[O-])cc1. The Hall–Kier alpha value is -3.65. The highest BCUT2D eigenvalue weighted by molar-refractivity contribution is 6.30. The van der Waals surface area contributed by atoms with E-state index in [1.807, 2.05) is 31.1 Å². The molecule has 1 N–H and O–H groups in total. The van der Waals surface area contributed by atoms with Gasteiger partial charge in [-0.3, -0.25) is 14.9 Å². The van der Waals surface area contributed by atoms with Crippen LogP contribution in [0.5, 0.6) is 11.5 Å². The van der Waals surface area contributed by atoms with Gasteiger partial charge in [0.2, 0.25) is 5.75 Å². The predicted molar refractivity (Wildman–Crippen MR) is 114 cm³/mol. The molecule has 1 heterocycles. The largest absolute Gasteiger partial charge is 0.450 e. The molecule has 0 bridgehead atoms. The number of pyridine rings is 1. The molecule has 30 heavy (non-hydrogen) atoms. The first-order valence-electron chi connectivity index (χ1n) is 8.96. The number of nitrogens with zero attached hydrogens (tertiary/aromatic N) is 3. The Morgan fingerprint density at radius 3 is 2.60 bits per heavy atom. The van der Waals surface area contributed by atoms with Crippen molar-refractivity contribution in [1.82, 2.24) is 10.3 Å². The summed E-state index contributed by atoms with van der Waals surface area (Å²) in [5, 5.41) is 14.3.